The summed E-state index contributed by atoms with van der Waals surface area (Å²) in [5.41, 5.74) is 0.775. The third kappa shape index (κ3) is 1.16. The number of nitrogens with zero attached hydrogens (tertiary/aromatic N) is 2. The quantitative estimate of drug-likeness (QED) is 0.689. The Morgan fingerprint density at radius 3 is 2.91 bits per heavy atom. The SMILES string of the molecule is OCc1ccn(C2CCC2)n1. The van der Waals surface area contributed by atoms with Crippen molar-refractivity contribution >= 4 is 0 Å². The molecule has 1 aromatic rings. The molecule has 0 bridgehead atoms. The molecule has 1 N–H and O–H groups in total. The molecule has 3 heteroatoms. The van der Waals surface area contributed by atoms with Crippen molar-refractivity contribution in [1.29, 1.82) is 0 Å². The average Bonchev–Trinajstić information content (AvgIpc) is 2.32. The molecule has 1 aromatic heterocycles. The monoisotopic (exact) mass is 152 g/mol. The fourth-order valence-corrected chi connectivity index (χ4v) is 1.32. The van der Waals surface area contributed by atoms with E-state index in [4.69, 9.17) is 5.11 Å². The molecule has 0 aromatic carbocycles. The lowest BCUT2D eigenvalue weighted by atomic mass is 9.93. The highest BCUT2D eigenvalue weighted by molar-refractivity contribution is 4.98. The largest absolute Gasteiger partial charge is 0.390 e. The molecule has 1 fully saturated rings. The summed E-state index contributed by atoms with van der Waals surface area (Å²) in [5.74, 6) is 0. The Bertz CT molecular complexity index is 240. The van der Waals surface area contributed by atoms with Crippen LogP contribution in [0.3, 0.4) is 0 Å². The Morgan fingerprint density at radius 2 is 2.45 bits per heavy atom. The summed E-state index contributed by atoms with van der Waals surface area (Å²) < 4.78 is 1.97. The summed E-state index contributed by atoms with van der Waals surface area (Å²) in [6.45, 7) is 0.0553. The van der Waals surface area contributed by atoms with Gasteiger partial charge in [-0.25, -0.2) is 0 Å². The van der Waals surface area contributed by atoms with E-state index in [2.05, 4.69) is 5.10 Å². The van der Waals surface area contributed by atoms with Crippen LogP contribution in [0, 0.1) is 0 Å². The highest BCUT2D eigenvalue weighted by Crippen LogP contribution is 2.30. The molecule has 0 saturated heterocycles. The van der Waals surface area contributed by atoms with Crippen molar-refractivity contribution in [3.63, 3.8) is 0 Å². The molecule has 2 rings (SSSR count). The average molecular weight is 152 g/mol. The van der Waals surface area contributed by atoms with Gasteiger partial charge in [-0.3, -0.25) is 4.68 Å². The minimum absolute atomic E-state index is 0.0553. The predicted octanol–water partition coefficient (Wildman–Crippen LogP) is 1.10. The second-order valence-electron chi connectivity index (χ2n) is 3.03. The van der Waals surface area contributed by atoms with Crippen molar-refractivity contribution in [2.75, 3.05) is 0 Å². The summed E-state index contributed by atoms with van der Waals surface area (Å²) in [7, 11) is 0. The van der Waals surface area contributed by atoms with Crippen LogP contribution >= 0.6 is 0 Å². The minimum Gasteiger partial charge on any atom is -0.390 e. The summed E-state index contributed by atoms with van der Waals surface area (Å²) in [4.78, 5) is 0. The van der Waals surface area contributed by atoms with Crippen LogP contribution < -0.4 is 0 Å². The standard InChI is InChI=1S/C8H12N2O/c11-6-7-4-5-10(9-7)8-2-1-3-8/h4-5,8,11H,1-3,6H2. The van der Waals surface area contributed by atoms with Gasteiger partial charge in [-0.1, -0.05) is 0 Å². The lowest BCUT2D eigenvalue weighted by Crippen LogP contribution is -2.17. The zero-order chi connectivity index (χ0) is 7.68. The molecule has 1 aliphatic carbocycles. The summed E-state index contributed by atoms with van der Waals surface area (Å²) in [6, 6.07) is 2.48. The van der Waals surface area contributed by atoms with E-state index in [1.807, 2.05) is 16.9 Å². The maximum Gasteiger partial charge on any atom is 0.0879 e. The van der Waals surface area contributed by atoms with Crippen LogP contribution in [0.4, 0.5) is 0 Å². The van der Waals surface area contributed by atoms with Crippen molar-refractivity contribution in [1.82, 2.24) is 9.78 Å². The van der Waals surface area contributed by atoms with Gasteiger partial charge in [0.2, 0.25) is 0 Å². The minimum atomic E-state index is 0.0553. The normalized spacial score (nSPS) is 18.3. The molecule has 60 valence electrons. The summed E-state index contributed by atoms with van der Waals surface area (Å²) in [5, 5.41) is 13.0. The van der Waals surface area contributed by atoms with E-state index in [1.165, 1.54) is 19.3 Å². The predicted molar refractivity (Wildman–Crippen MR) is 41.0 cm³/mol. The fraction of sp³-hybridized carbons (Fsp3) is 0.625. The summed E-state index contributed by atoms with van der Waals surface area (Å²) in [6.07, 6.45) is 5.76. The van der Waals surface area contributed by atoms with E-state index in [1.54, 1.807) is 0 Å². The Balaban J connectivity index is 2.11. The van der Waals surface area contributed by atoms with Crippen molar-refractivity contribution in [3.8, 4) is 0 Å². The molecule has 0 unspecified atom stereocenters. The van der Waals surface area contributed by atoms with Crippen LogP contribution in [0.15, 0.2) is 12.3 Å². The maximum absolute atomic E-state index is 8.75. The zero-order valence-electron chi connectivity index (χ0n) is 6.40. The van der Waals surface area contributed by atoms with E-state index in [9.17, 15) is 0 Å². The molecule has 0 aliphatic heterocycles. The van der Waals surface area contributed by atoms with Gasteiger partial charge in [0.25, 0.3) is 0 Å². The lowest BCUT2D eigenvalue weighted by Gasteiger charge is -2.25. The molecule has 0 spiro atoms. The van der Waals surface area contributed by atoms with E-state index in [0.29, 0.717) is 6.04 Å². The van der Waals surface area contributed by atoms with Crippen molar-refractivity contribution in [3.05, 3.63) is 18.0 Å². The van der Waals surface area contributed by atoms with Gasteiger partial charge in [-0.05, 0) is 25.3 Å². The highest BCUT2D eigenvalue weighted by atomic mass is 16.3. The van der Waals surface area contributed by atoms with Crippen LogP contribution in [-0.4, -0.2) is 14.9 Å². The van der Waals surface area contributed by atoms with Crippen LogP contribution in [0.1, 0.15) is 31.0 Å². The molecular weight excluding hydrogens is 140 g/mol. The van der Waals surface area contributed by atoms with Gasteiger partial charge in [-0.15, -0.1) is 0 Å². The Morgan fingerprint density at radius 1 is 1.64 bits per heavy atom. The van der Waals surface area contributed by atoms with E-state index >= 15 is 0 Å². The number of hydrogen-bond acceptors (Lipinski definition) is 2. The van der Waals surface area contributed by atoms with Crippen molar-refractivity contribution < 1.29 is 5.11 Å². The molecule has 11 heavy (non-hydrogen) atoms. The number of aliphatic hydroxyl groups is 1. The van der Waals surface area contributed by atoms with Gasteiger partial charge in [0.1, 0.15) is 0 Å². The van der Waals surface area contributed by atoms with Crippen LogP contribution in [-0.2, 0) is 6.61 Å². The second-order valence-corrected chi connectivity index (χ2v) is 3.03. The number of aromatic nitrogens is 2. The van der Waals surface area contributed by atoms with Gasteiger partial charge < -0.3 is 5.11 Å². The number of rotatable bonds is 2. The van der Waals surface area contributed by atoms with Gasteiger partial charge in [0.05, 0.1) is 18.3 Å². The fourth-order valence-electron chi connectivity index (χ4n) is 1.32. The molecule has 0 atom stereocenters. The van der Waals surface area contributed by atoms with Gasteiger partial charge in [-0.2, -0.15) is 5.10 Å². The number of aliphatic hydroxyl groups excluding tert-OH is 1. The molecule has 0 amide bonds. The Hall–Kier alpha value is -0.830. The number of hydrogen-bond donors (Lipinski definition) is 1. The molecule has 1 saturated carbocycles. The van der Waals surface area contributed by atoms with E-state index in [0.717, 1.165) is 5.69 Å². The van der Waals surface area contributed by atoms with Crippen LogP contribution in [0.2, 0.25) is 0 Å². The van der Waals surface area contributed by atoms with Crippen LogP contribution in [0.5, 0.6) is 0 Å². The maximum atomic E-state index is 8.75. The molecular formula is C8H12N2O. The van der Waals surface area contributed by atoms with E-state index < -0.39 is 0 Å². The Labute approximate surface area is 65.7 Å². The Kier molecular flexibility index (Phi) is 1.66. The van der Waals surface area contributed by atoms with Gasteiger partial charge >= 0.3 is 0 Å². The molecule has 1 heterocycles. The topological polar surface area (TPSA) is 38.0 Å². The van der Waals surface area contributed by atoms with Crippen molar-refractivity contribution in [2.24, 2.45) is 0 Å². The second kappa shape index (κ2) is 2.66. The first-order valence-electron chi connectivity index (χ1n) is 4.05. The van der Waals surface area contributed by atoms with Crippen molar-refractivity contribution in [2.45, 2.75) is 31.9 Å². The lowest BCUT2D eigenvalue weighted by molar-refractivity contribution is 0.262. The van der Waals surface area contributed by atoms with Gasteiger partial charge in [0, 0.05) is 6.20 Å². The summed E-state index contributed by atoms with van der Waals surface area (Å²) >= 11 is 0. The third-order valence-electron chi connectivity index (χ3n) is 2.27. The smallest absolute Gasteiger partial charge is 0.0879 e. The molecule has 0 radical (unpaired) electrons. The van der Waals surface area contributed by atoms with Crippen LogP contribution in [0.25, 0.3) is 0 Å². The highest BCUT2D eigenvalue weighted by Gasteiger charge is 2.19. The third-order valence-corrected chi connectivity index (χ3v) is 2.27. The first kappa shape index (κ1) is 6.85. The first-order chi connectivity index (χ1) is 5.40. The molecule has 3 nitrogen and oxygen atoms in total. The zero-order valence-corrected chi connectivity index (χ0v) is 6.40. The van der Waals surface area contributed by atoms with Gasteiger partial charge in [0.15, 0.2) is 0 Å². The van der Waals surface area contributed by atoms with E-state index in [-0.39, 0.29) is 6.61 Å². The first-order valence-corrected chi connectivity index (χ1v) is 4.05. The molecule has 1 aliphatic rings.